The lowest BCUT2D eigenvalue weighted by molar-refractivity contribution is -0.130. The number of piperazine rings is 1. The molecule has 0 saturated carbocycles. The monoisotopic (exact) mass is 505 g/mol. The number of hydrogen-bond acceptors (Lipinski definition) is 5. The van der Waals surface area contributed by atoms with Crippen molar-refractivity contribution < 1.29 is 9.53 Å². The number of nitrogens with zero attached hydrogens (tertiary/aromatic N) is 6. The zero-order valence-corrected chi connectivity index (χ0v) is 19.2. The maximum absolute atomic E-state index is 11.6. The molecule has 0 bridgehead atoms. The average Bonchev–Trinajstić information content (AvgIpc) is 3.36. The molecule has 10 heteroatoms. The van der Waals surface area contributed by atoms with E-state index < -0.39 is 0 Å². The number of carbonyl (C=O) groups is 1. The Morgan fingerprint density at radius 3 is 2.71 bits per heavy atom. The Bertz CT molecular complexity index is 638. The summed E-state index contributed by atoms with van der Waals surface area (Å²) in [5.74, 6) is 2.57. The summed E-state index contributed by atoms with van der Waals surface area (Å²) in [6.07, 6.45) is 3.73. The third-order valence-corrected chi connectivity index (χ3v) is 5.20. The van der Waals surface area contributed by atoms with E-state index in [1.807, 2.05) is 4.90 Å². The Kier molecular flexibility index (Phi) is 9.42. The quantitative estimate of drug-likeness (QED) is 0.346. The molecule has 1 unspecified atom stereocenters. The predicted molar refractivity (Wildman–Crippen MR) is 118 cm³/mol. The van der Waals surface area contributed by atoms with E-state index in [9.17, 15) is 4.79 Å². The minimum Gasteiger partial charge on any atom is -0.381 e. The van der Waals surface area contributed by atoms with Crippen LogP contribution in [0.2, 0.25) is 0 Å². The number of aromatic nitrogens is 3. The van der Waals surface area contributed by atoms with Crippen LogP contribution in [0.3, 0.4) is 0 Å². The second kappa shape index (κ2) is 11.5. The number of amides is 1. The third-order valence-electron chi connectivity index (χ3n) is 5.20. The first-order valence-electron chi connectivity index (χ1n) is 9.90. The van der Waals surface area contributed by atoms with Crippen molar-refractivity contribution in [2.24, 2.45) is 10.9 Å². The molecule has 158 valence electrons. The van der Waals surface area contributed by atoms with Gasteiger partial charge in [0.2, 0.25) is 5.91 Å². The van der Waals surface area contributed by atoms with Crippen LogP contribution in [0.1, 0.15) is 26.1 Å². The summed E-state index contributed by atoms with van der Waals surface area (Å²) < 4.78 is 7.54. The highest BCUT2D eigenvalue weighted by atomic mass is 127. The Labute approximate surface area is 183 Å². The van der Waals surface area contributed by atoms with Crippen molar-refractivity contribution >= 4 is 35.8 Å². The number of guanidine groups is 1. The molecule has 1 aromatic rings. The smallest absolute Gasteiger partial charge is 0.219 e. The van der Waals surface area contributed by atoms with Crippen LogP contribution in [0.4, 0.5) is 0 Å². The largest absolute Gasteiger partial charge is 0.381 e. The van der Waals surface area contributed by atoms with Crippen molar-refractivity contribution in [2.45, 2.75) is 33.2 Å². The minimum absolute atomic E-state index is 0. The van der Waals surface area contributed by atoms with Gasteiger partial charge in [-0.15, -0.1) is 34.2 Å². The van der Waals surface area contributed by atoms with Gasteiger partial charge in [0.05, 0.1) is 6.61 Å². The molecule has 2 aliphatic heterocycles. The van der Waals surface area contributed by atoms with Crippen molar-refractivity contribution in [2.75, 3.05) is 52.5 Å². The molecule has 1 amide bonds. The molecule has 3 rings (SSSR count). The molecule has 3 heterocycles. The molecule has 0 spiro atoms. The molecule has 2 fully saturated rings. The first-order valence-corrected chi connectivity index (χ1v) is 9.90. The molecule has 9 nitrogen and oxygen atoms in total. The first kappa shape index (κ1) is 22.9. The van der Waals surface area contributed by atoms with Gasteiger partial charge in [0, 0.05) is 71.7 Å². The number of rotatable bonds is 6. The van der Waals surface area contributed by atoms with Gasteiger partial charge in [0.1, 0.15) is 12.2 Å². The molecular formula is C18H32IN7O2. The number of hydrogen-bond donors (Lipinski definition) is 1. The average molecular weight is 505 g/mol. The minimum atomic E-state index is 0. The maximum Gasteiger partial charge on any atom is 0.219 e. The molecule has 1 N–H and O–H groups in total. The lowest BCUT2D eigenvalue weighted by Crippen LogP contribution is -2.53. The number of halogens is 1. The summed E-state index contributed by atoms with van der Waals surface area (Å²) >= 11 is 0. The molecule has 0 aromatic carbocycles. The number of aryl methyl sites for hydroxylation is 1. The molecule has 2 aliphatic rings. The Hall–Kier alpha value is -1.43. The molecule has 28 heavy (non-hydrogen) atoms. The third kappa shape index (κ3) is 6.29. The fraction of sp³-hybridized carbons (Fsp3) is 0.778. The zero-order chi connectivity index (χ0) is 19.1. The summed E-state index contributed by atoms with van der Waals surface area (Å²) in [6.45, 7) is 10.8. The van der Waals surface area contributed by atoms with Crippen LogP contribution in [0, 0.1) is 5.92 Å². The van der Waals surface area contributed by atoms with Crippen molar-refractivity contribution in [1.82, 2.24) is 29.9 Å². The topological polar surface area (TPSA) is 87.9 Å². The van der Waals surface area contributed by atoms with E-state index in [0.29, 0.717) is 5.92 Å². The highest BCUT2D eigenvalue weighted by molar-refractivity contribution is 14.0. The summed E-state index contributed by atoms with van der Waals surface area (Å²) in [4.78, 5) is 20.6. The first-order chi connectivity index (χ1) is 13.2. The van der Waals surface area contributed by atoms with Crippen LogP contribution in [-0.4, -0.2) is 88.9 Å². The summed E-state index contributed by atoms with van der Waals surface area (Å²) in [6, 6.07) is 0. The van der Waals surface area contributed by atoms with Gasteiger partial charge in [0.15, 0.2) is 5.96 Å². The van der Waals surface area contributed by atoms with Crippen LogP contribution < -0.4 is 5.32 Å². The predicted octanol–water partition coefficient (Wildman–Crippen LogP) is 0.605. The molecule has 0 aliphatic carbocycles. The highest BCUT2D eigenvalue weighted by Crippen LogP contribution is 2.13. The second-order valence-corrected chi connectivity index (χ2v) is 7.11. The fourth-order valence-electron chi connectivity index (χ4n) is 3.47. The number of nitrogens with one attached hydrogen (secondary N) is 1. The maximum atomic E-state index is 11.6. The molecule has 2 saturated heterocycles. The standard InChI is InChI=1S/C18H31N7O2.HI/c1-3-17-22-21-14-25(17)6-5-19-18(20-12-16-4-11-27-13-16)24-9-7-23(8-10-24)15(2)26;/h14,16H,3-13H2,1-2H3,(H,19,20);1H. The van der Waals surface area contributed by atoms with E-state index in [4.69, 9.17) is 9.73 Å². The van der Waals surface area contributed by atoms with Gasteiger partial charge in [-0.3, -0.25) is 9.79 Å². The van der Waals surface area contributed by atoms with Crippen LogP contribution in [0.25, 0.3) is 0 Å². The van der Waals surface area contributed by atoms with Crippen LogP contribution in [-0.2, 0) is 22.5 Å². The second-order valence-electron chi connectivity index (χ2n) is 7.11. The molecule has 1 atom stereocenters. The number of aliphatic imine (C=N–C) groups is 1. The van der Waals surface area contributed by atoms with Gasteiger partial charge in [-0.2, -0.15) is 0 Å². The lowest BCUT2D eigenvalue weighted by atomic mass is 10.1. The zero-order valence-electron chi connectivity index (χ0n) is 16.8. The van der Waals surface area contributed by atoms with E-state index in [0.717, 1.165) is 83.7 Å². The van der Waals surface area contributed by atoms with Gasteiger partial charge in [-0.1, -0.05) is 6.92 Å². The van der Waals surface area contributed by atoms with Crippen molar-refractivity contribution in [3.8, 4) is 0 Å². The summed E-state index contributed by atoms with van der Waals surface area (Å²) in [5.41, 5.74) is 0. The van der Waals surface area contributed by atoms with E-state index in [1.54, 1.807) is 13.3 Å². The molecule has 0 radical (unpaired) electrons. The normalized spacial score (nSPS) is 20.2. The Morgan fingerprint density at radius 1 is 1.32 bits per heavy atom. The summed E-state index contributed by atoms with van der Waals surface area (Å²) in [7, 11) is 0. The van der Waals surface area contributed by atoms with E-state index in [2.05, 4.69) is 31.9 Å². The van der Waals surface area contributed by atoms with Crippen molar-refractivity contribution in [1.29, 1.82) is 0 Å². The van der Waals surface area contributed by atoms with Gasteiger partial charge < -0.3 is 24.4 Å². The van der Waals surface area contributed by atoms with E-state index in [-0.39, 0.29) is 29.9 Å². The van der Waals surface area contributed by atoms with E-state index >= 15 is 0 Å². The number of ether oxygens (including phenoxy) is 1. The van der Waals surface area contributed by atoms with Gasteiger partial charge in [0.25, 0.3) is 0 Å². The SMILES string of the molecule is CCc1nncn1CCNC(=NCC1CCOC1)N1CCN(C(C)=O)CC1.I. The van der Waals surface area contributed by atoms with Gasteiger partial charge in [-0.25, -0.2) is 0 Å². The Balaban J connectivity index is 0.00000280. The van der Waals surface area contributed by atoms with Crippen LogP contribution in [0.5, 0.6) is 0 Å². The van der Waals surface area contributed by atoms with Gasteiger partial charge in [-0.05, 0) is 6.42 Å². The van der Waals surface area contributed by atoms with Crippen molar-refractivity contribution in [3.05, 3.63) is 12.2 Å². The molecule has 1 aromatic heterocycles. The highest BCUT2D eigenvalue weighted by Gasteiger charge is 2.22. The van der Waals surface area contributed by atoms with Crippen LogP contribution >= 0.6 is 24.0 Å². The van der Waals surface area contributed by atoms with Crippen molar-refractivity contribution in [3.63, 3.8) is 0 Å². The van der Waals surface area contributed by atoms with Gasteiger partial charge >= 0.3 is 0 Å². The van der Waals surface area contributed by atoms with Crippen LogP contribution in [0.15, 0.2) is 11.3 Å². The summed E-state index contributed by atoms with van der Waals surface area (Å²) in [5, 5.41) is 11.6. The fourth-order valence-corrected chi connectivity index (χ4v) is 3.47. The molecular weight excluding hydrogens is 473 g/mol. The number of carbonyl (C=O) groups excluding carboxylic acids is 1. The van der Waals surface area contributed by atoms with E-state index in [1.165, 1.54) is 0 Å². The lowest BCUT2D eigenvalue weighted by Gasteiger charge is -2.36. The Morgan fingerprint density at radius 2 is 2.07 bits per heavy atom.